The number of rotatable bonds is 6. The predicted molar refractivity (Wildman–Crippen MR) is 62.9 cm³/mol. The number of benzene rings is 1. The van der Waals surface area contributed by atoms with Gasteiger partial charge in [-0.15, -0.1) is 0 Å². The number of aryl methyl sites for hydroxylation is 1. The summed E-state index contributed by atoms with van der Waals surface area (Å²) in [6.45, 7) is 2.87. The monoisotopic (exact) mass is 223 g/mol. The second kappa shape index (κ2) is 6.12. The summed E-state index contributed by atoms with van der Waals surface area (Å²) >= 11 is 0. The molecule has 0 spiro atoms. The third-order valence-electron chi connectivity index (χ3n) is 2.37. The SMILES string of the molecule is Cc1cc(C(=O)O)ccc1NCCCCO. The molecule has 1 rings (SSSR count). The van der Waals surface area contributed by atoms with Crippen molar-refractivity contribution in [3.05, 3.63) is 29.3 Å². The molecule has 4 nitrogen and oxygen atoms in total. The molecule has 0 unspecified atom stereocenters. The van der Waals surface area contributed by atoms with E-state index in [0.717, 1.165) is 30.6 Å². The van der Waals surface area contributed by atoms with Crippen LogP contribution in [0.1, 0.15) is 28.8 Å². The maximum atomic E-state index is 10.7. The molecule has 1 aromatic carbocycles. The summed E-state index contributed by atoms with van der Waals surface area (Å²) in [4.78, 5) is 10.7. The van der Waals surface area contributed by atoms with Gasteiger partial charge in [-0.3, -0.25) is 0 Å². The van der Waals surface area contributed by atoms with Crippen LogP contribution in [-0.2, 0) is 0 Å². The Labute approximate surface area is 94.9 Å². The van der Waals surface area contributed by atoms with Gasteiger partial charge in [0.2, 0.25) is 0 Å². The highest BCUT2D eigenvalue weighted by atomic mass is 16.4. The first kappa shape index (κ1) is 12.5. The number of hydrogen-bond donors (Lipinski definition) is 3. The van der Waals surface area contributed by atoms with Crippen LogP contribution in [0.4, 0.5) is 5.69 Å². The zero-order valence-corrected chi connectivity index (χ0v) is 9.36. The van der Waals surface area contributed by atoms with Crippen LogP contribution in [0.5, 0.6) is 0 Å². The Morgan fingerprint density at radius 3 is 2.69 bits per heavy atom. The largest absolute Gasteiger partial charge is 0.478 e. The van der Waals surface area contributed by atoms with E-state index in [9.17, 15) is 4.79 Å². The van der Waals surface area contributed by atoms with Crippen molar-refractivity contribution in [3.63, 3.8) is 0 Å². The van der Waals surface area contributed by atoms with Crippen LogP contribution < -0.4 is 5.32 Å². The van der Waals surface area contributed by atoms with Gasteiger partial charge in [-0.1, -0.05) is 0 Å². The number of aliphatic hydroxyl groups is 1. The summed E-state index contributed by atoms with van der Waals surface area (Å²) in [7, 11) is 0. The predicted octanol–water partition coefficient (Wildman–Crippen LogP) is 1.88. The molecule has 0 aliphatic rings. The third kappa shape index (κ3) is 3.55. The van der Waals surface area contributed by atoms with Gasteiger partial charge in [0.05, 0.1) is 5.56 Å². The molecule has 0 saturated heterocycles. The second-order valence-corrected chi connectivity index (χ2v) is 3.69. The molecule has 0 fully saturated rings. The number of nitrogens with one attached hydrogen (secondary N) is 1. The molecule has 0 bridgehead atoms. The molecule has 88 valence electrons. The summed E-state index contributed by atoms with van der Waals surface area (Å²) in [6.07, 6.45) is 1.68. The third-order valence-corrected chi connectivity index (χ3v) is 2.37. The van der Waals surface area contributed by atoms with E-state index in [4.69, 9.17) is 10.2 Å². The fraction of sp³-hybridized carbons (Fsp3) is 0.417. The maximum absolute atomic E-state index is 10.7. The number of carboxylic acids is 1. The van der Waals surface area contributed by atoms with Crippen molar-refractivity contribution in [3.8, 4) is 0 Å². The lowest BCUT2D eigenvalue weighted by atomic mass is 10.1. The van der Waals surface area contributed by atoms with Gasteiger partial charge in [0.15, 0.2) is 0 Å². The molecule has 0 heterocycles. The molecule has 16 heavy (non-hydrogen) atoms. The summed E-state index contributed by atoms with van der Waals surface area (Å²) in [5.41, 5.74) is 2.17. The quantitative estimate of drug-likeness (QED) is 0.644. The molecule has 4 heteroatoms. The van der Waals surface area contributed by atoms with Crippen molar-refractivity contribution < 1.29 is 15.0 Å². The van der Waals surface area contributed by atoms with E-state index in [2.05, 4.69) is 5.32 Å². The molecule has 0 saturated carbocycles. The van der Waals surface area contributed by atoms with Gasteiger partial charge in [0.25, 0.3) is 0 Å². The highest BCUT2D eigenvalue weighted by Crippen LogP contribution is 2.16. The van der Waals surface area contributed by atoms with Crippen molar-refractivity contribution >= 4 is 11.7 Å². The van der Waals surface area contributed by atoms with Gasteiger partial charge in [-0.25, -0.2) is 4.79 Å². The van der Waals surface area contributed by atoms with Crippen LogP contribution >= 0.6 is 0 Å². The molecular weight excluding hydrogens is 206 g/mol. The zero-order chi connectivity index (χ0) is 12.0. The van der Waals surface area contributed by atoms with Crippen molar-refractivity contribution in [2.24, 2.45) is 0 Å². The molecule has 0 aliphatic heterocycles. The van der Waals surface area contributed by atoms with Crippen LogP contribution in [0.25, 0.3) is 0 Å². The van der Waals surface area contributed by atoms with Gasteiger partial charge in [-0.05, 0) is 43.5 Å². The summed E-state index contributed by atoms with van der Waals surface area (Å²) in [5, 5.41) is 20.6. The normalized spacial score (nSPS) is 10.1. The Morgan fingerprint density at radius 2 is 2.12 bits per heavy atom. The Balaban J connectivity index is 2.57. The molecule has 0 amide bonds. The van der Waals surface area contributed by atoms with Crippen molar-refractivity contribution in [1.82, 2.24) is 0 Å². The van der Waals surface area contributed by atoms with Crippen LogP contribution in [0.2, 0.25) is 0 Å². The average molecular weight is 223 g/mol. The van der Waals surface area contributed by atoms with Crippen LogP contribution in [-0.4, -0.2) is 29.3 Å². The van der Waals surface area contributed by atoms with Crippen LogP contribution in [0, 0.1) is 6.92 Å². The molecule has 0 radical (unpaired) electrons. The summed E-state index contributed by atoms with van der Waals surface area (Å²) in [6, 6.07) is 5.01. The number of anilines is 1. The highest BCUT2D eigenvalue weighted by Gasteiger charge is 2.04. The number of carboxylic acid groups (broad SMARTS) is 1. The maximum Gasteiger partial charge on any atom is 0.335 e. The van der Waals surface area contributed by atoms with E-state index in [-0.39, 0.29) is 6.61 Å². The minimum Gasteiger partial charge on any atom is -0.478 e. The lowest BCUT2D eigenvalue weighted by Gasteiger charge is -2.09. The van der Waals surface area contributed by atoms with Gasteiger partial charge in [0, 0.05) is 18.8 Å². The molecule has 0 atom stereocenters. The number of unbranched alkanes of at least 4 members (excludes halogenated alkanes) is 1. The van der Waals surface area contributed by atoms with E-state index in [1.54, 1.807) is 18.2 Å². The number of carbonyl (C=O) groups is 1. The standard InChI is InChI=1S/C12H17NO3/c1-9-8-10(12(15)16)4-5-11(9)13-6-2-3-7-14/h4-5,8,13-14H,2-3,6-7H2,1H3,(H,15,16). The highest BCUT2D eigenvalue weighted by molar-refractivity contribution is 5.88. The van der Waals surface area contributed by atoms with E-state index >= 15 is 0 Å². The Morgan fingerprint density at radius 1 is 1.38 bits per heavy atom. The number of aliphatic hydroxyl groups excluding tert-OH is 1. The first-order chi connectivity index (χ1) is 7.65. The molecule has 0 aliphatic carbocycles. The topological polar surface area (TPSA) is 69.6 Å². The van der Waals surface area contributed by atoms with E-state index in [0.29, 0.717) is 5.56 Å². The first-order valence-electron chi connectivity index (χ1n) is 5.34. The summed E-state index contributed by atoms with van der Waals surface area (Å²) < 4.78 is 0. The first-order valence-corrected chi connectivity index (χ1v) is 5.34. The Bertz CT molecular complexity index is 363. The van der Waals surface area contributed by atoms with E-state index in [1.165, 1.54) is 0 Å². The van der Waals surface area contributed by atoms with E-state index < -0.39 is 5.97 Å². The Hall–Kier alpha value is -1.55. The van der Waals surface area contributed by atoms with Gasteiger partial charge < -0.3 is 15.5 Å². The molecule has 3 N–H and O–H groups in total. The zero-order valence-electron chi connectivity index (χ0n) is 9.36. The minimum absolute atomic E-state index is 0.207. The molecular formula is C12H17NO3. The summed E-state index contributed by atoms with van der Waals surface area (Å²) in [5.74, 6) is -0.907. The van der Waals surface area contributed by atoms with Crippen molar-refractivity contribution in [2.75, 3.05) is 18.5 Å². The van der Waals surface area contributed by atoms with Crippen molar-refractivity contribution in [1.29, 1.82) is 0 Å². The average Bonchev–Trinajstić information content (AvgIpc) is 2.26. The second-order valence-electron chi connectivity index (χ2n) is 3.69. The lowest BCUT2D eigenvalue weighted by Crippen LogP contribution is -2.05. The number of hydrogen-bond acceptors (Lipinski definition) is 3. The minimum atomic E-state index is -0.907. The smallest absolute Gasteiger partial charge is 0.335 e. The fourth-order valence-corrected chi connectivity index (χ4v) is 1.45. The fourth-order valence-electron chi connectivity index (χ4n) is 1.45. The van der Waals surface area contributed by atoms with Gasteiger partial charge in [-0.2, -0.15) is 0 Å². The van der Waals surface area contributed by atoms with Crippen LogP contribution in [0.3, 0.4) is 0 Å². The Kier molecular flexibility index (Phi) is 4.79. The van der Waals surface area contributed by atoms with E-state index in [1.807, 2.05) is 6.92 Å². The lowest BCUT2D eigenvalue weighted by molar-refractivity contribution is 0.0697. The molecule has 1 aromatic rings. The van der Waals surface area contributed by atoms with Gasteiger partial charge in [0.1, 0.15) is 0 Å². The number of aromatic carboxylic acids is 1. The van der Waals surface area contributed by atoms with Crippen LogP contribution in [0.15, 0.2) is 18.2 Å². The molecule has 0 aromatic heterocycles. The van der Waals surface area contributed by atoms with Crippen molar-refractivity contribution in [2.45, 2.75) is 19.8 Å². The van der Waals surface area contributed by atoms with Gasteiger partial charge >= 0.3 is 5.97 Å².